The zero-order valence-electron chi connectivity index (χ0n) is 13.2. The molecule has 4 heteroatoms. The second-order valence-corrected chi connectivity index (χ2v) is 6.57. The van der Waals surface area contributed by atoms with E-state index in [2.05, 4.69) is 52.4 Å². The molecule has 0 aliphatic carbocycles. The number of carbonyl (C=O) groups excluding carboxylic acids is 1. The smallest absolute Gasteiger partial charge is 0.268 e. The minimum atomic E-state index is -0.0574. The van der Waals surface area contributed by atoms with Crippen LogP contribution in [0.1, 0.15) is 35.4 Å². The van der Waals surface area contributed by atoms with Crippen molar-refractivity contribution in [1.82, 2.24) is 9.88 Å². The lowest BCUT2D eigenvalue weighted by Gasteiger charge is -2.19. The maximum Gasteiger partial charge on any atom is 0.268 e. The van der Waals surface area contributed by atoms with Gasteiger partial charge in [-0.15, -0.1) is 0 Å². The van der Waals surface area contributed by atoms with Crippen molar-refractivity contribution in [3.05, 3.63) is 70.5 Å². The number of amides is 1. The third kappa shape index (κ3) is 3.17. The lowest BCUT2D eigenvalue weighted by atomic mass is 9.97. The number of rotatable bonds is 4. The lowest BCUT2D eigenvalue weighted by molar-refractivity contribution is 0.0927. The number of hydrogen-bond acceptors (Lipinski definition) is 1. The number of carbonyl (C=O) groups is 1. The van der Waals surface area contributed by atoms with E-state index in [1.54, 1.807) is 0 Å². The lowest BCUT2D eigenvalue weighted by Crippen LogP contribution is -2.29. The number of benzene rings is 2. The van der Waals surface area contributed by atoms with Crippen molar-refractivity contribution in [2.24, 2.45) is 7.05 Å². The minimum absolute atomic E-state index is 0.0118. The number of halogens is 1. The molecule has 1 aromatic heterocycles. The zero-order valence-corrected chi connectivity index (χ0v) is 14.8. The third-order valence-corrected chi connectivity index (χ3v) is 4.55. The Balaban J connectivity index is 1.93. The first-order valence-electron chi connectivity index (χ1n) is 7.70. The Morgan fingerprint density at radius 2 is 1.96 bits per heavy atom. The summed E-state index contributed by atoms with van der Waals surface area (Å²) in [4.78, 5) is 12.6. The molecule has 1 amide bonds. The van der Waals surface area contributed by atoms with Crippen LogP contribution in [-0.4, -0.2) is 10.5 Å². The highest BCUT2D eigenvalue weighted by Gasteiger charge is 2.18. The van der Waals surface area contributed by atoms with Gasteiger partial charge in [0.2, 0.25) is 0 Å². The average Bonchev–Trinajstić information content (AvgIpc) is 2.90. The summed E-state index contributed by atoms with van der Waals surface area (Å²) in [6.45, 7) is 2.09. The maximum atomic E-state index is 12.6. The summed E-state index contributed by atoms with van der Waals surface area (Å²) in [5.41, 5.74) is 1.81. The number of aryl methyl sites for hydroxylation is 1. The molecule has 2 aromatic carbocycles. The van der Waals surface area contributed by atoms with E-state index in [0.29, 0.717) is 5.69 Å². The van der Waals surface area contributed by atoms with Gasteiger partial charge in [-0.3, -0.25) is 4.79 Å². The highest BCUT2D eigenvalue weighted by molar-refractivity contribution is 9.10. The molecule has 0 saturated heterocycles. The quantitative estimate of drug-likeness (QED) is 0.701. The molecule has 0 spiro atoms. The minimum Gasteiger partial charge on any atom is -0.345 e. The maximum absolute atomic E-state index is 12.6. The third-order valence-electron chi connectivity index (χ3n) is 4.12. The van der Waals surface area contributed by atoms with Crippen LogP contribution in [0.4, 0.5) is 0 Å². The average molecular weight is 371 g/mol. The van der Waals surface area contributed by atoms with Gasteiger partial charge in [-0.1, -0.05) is 49.4 Å². The molecule has 0 aliphatic rings. The number of hydrogen-bond donors (Lipinski definition) is 1. The van der Waals surface area contributed by atoms with Gasteiger partial charge >= 0.3 is 0 Å². The van der Waals surface area contributed by atoms with E-state index in [-0.39, 0.29) is 11.9 Å². The van der Waals surface area contributed by atoms with Crippen LogP contribution < -0.4 is 5.32 Å². The molecular weight excluding hydrogens is 352 g/mol. The second kappa shape index (κ2) is 6.59. The standard InChI is InChI=1S/C19H19BrN2O/c1-3-17(21-19(23)18-11-14(20)12-22(18)2)16-10-6-8-13-7-4-5-9-15(13)16/h4-12,17H,3H2,1-2H3,(H,21,23). The second-order valence-electron chi connectivity index (χ2n) is 5.66. The molecule has 1 atom stereocenters. The summed E-state index contributed by atoms with van der Waals surface area (Å²) >= 11 is 3.41. The van der Waals surface area contributed by atoms with E-state index in [1.807, 2.05) is 42.1 Å². The Kier molecular flexibility index (Phi) is 4.53. The fourth-order valence-corrected chi connectivity index (χ4v) is 3.46. The number of nitrogens with one attached hydrogen (secondary N) is 1. The van der Waals surface area contributed by atoms with Crippen LogP contribution in [0.3, 0.4) is 0 Å². The molecule has 0 bridgehead atoms. The highest BCUT2D eigenvalue weighted by Crippen LogP contribution is 2.26. The van der Waals surface area contributed by atoms with Gasteiger partial charge in [0.25, 0.3) is 5.91 Å². The Hall–Kier alpha value is -2.07. The largest absolute Gasteiger partial charge is 0.345 e. The molecule has 0 radical (unpaired) electrons. The molecule has 1 heterocycles. The van der Waals surface area contributed by atoms with Gasteiger partial charge in [0.05, 0.1) is 6.04 Å². The molecule has 1 N–H and O–H groups in total. The Morgan fingerprint density at radius 3 is 2.65 bits per heavy atom. The molecule has 3 rings (SSSR count). The normalized spacial score (nSPS) is 12.3. The van der Waals surface area contributed by atoms with Crippen molar-refractivity contribution >= 4 is 32.6 Å². The molecule has 118 valence electrons. The molecule has 3 aromatic rings. The fourth-order valence-electron chi connectivity index (χ4n) is 2.94. The van der Waals surface area contributed by atoms with Crippen LogP contribution in [0, 0.1) is 0 Å². The van der Waals surface area contributed by atoms with Gasteiger partial charge in [0, 0.05) is 17.7 Å². The molecule has 0 fully saturated rings. The van der Waals surface area contributed by atoms with E-state index in [0.717, 1.165) is 16.5 Å². The van der Waals surface area contributed by atoms with Crippen LogP contribution in [0.5, 0.6) is 0 Å². The van der Waals surface area contributed by atoms with E-state index >= 15 is 0 Å². The molecule has 3 nitrogen and oxygen atoms in total. The summed E-state index contributed by atoms with van der Waals surface area (Å²) in [7, 11) is 1.87. The summed E-state index contributed by atoms with van der Waals surface area (Å²) in [5, 5.41) is 5.55. The van der Waals surface area contributed by atoms with Gasteiger partial charge in [0.15, 0.2) is 0 Å². The Bertz CT molecular complexity index is 848. The van der Waals surface area contributed by atoms with Crippen LogP contribution in [0.15, 0.2) is 59.2 Å². The predicted molar refractivity (Wildman–Crippen MR) is 97.6 cm³/mol. The zero-order chi connectivity index (χ0) is 16.4. The summed E-state index contributed by atoms with van der Waals surface area (Å²) in [6.07, 6.45) is 2.72. The summed E-state index contributed by atoms with van der Waals surface area (Å²) in [5.74, 6) is -0.0574. The fraction of sp³-hybridized carbons (Fsp3) is 0.211. The van der Waals surface area contributed by atoms with Crippen LogP contribution in [0.25, 0.3) is 10.8 Å². The number of nitrogens with zero attached hydrogens (tertiary/aromatic N) is 1. The molecule has 0 aliphatic heterocycles. The van der Waals surface area contributed by atoms with Gasteiger partial charge < -0.3 is 9.88 Å². The van der Waals surface area contributed by atoms with E-state index in [1.165, 1.54) is 10.8 Å². The van der Waals surface area contributed by atoms with E-state index in [4.69, 9.17) is 0 Å². The van der Waals surface area contributed by atoms with Crippen molar-refractivity contribution in [3.63, 3.8) is 0 Å². The van der Waals surface area contributed by atoms with Crippen molar-refractivity contribution in [3.8, 4) is 0 Å². The van der Waals surface area contributed by atoms with Crippen molar-refractivity contribution in [2.75, 3.05) is 0 Å². The highest BCUT2D eigenvalue weighted by atomic mass is 79.9. The van der Waals surface area contributed by atoms with Gasteiger partial charge in [-0.2, -0.15) is 0 Å². The summed E-state index contributed by atoms with van der Waals surface area (Å²) < 4.78 is 2.73. The van der Waals surface area contributed by atoms with Crippen LogP contribution in [0.2, 0.25) is 0 Å². The molecule has 1 unspecified atom stereocenters. The van der Waals surface area contributed by atoms with Gasteiger partial charge in [-0.25, -0.2) is 0 Å². The molecule has 23 heavy (non-hydrogen) atoms. The van der Waals surface area contributed by atoms with E-state index < -0.39 is 0 Å². The molecule has 0 saturated carbocycles. The first-order chi connectivity index (χ1) is 11.1. The Labute approximate surface area is 144 Å². The van der Waals surface area contributed by atoms with Gasteiger partial charge in [0.1, 0.15) is 5.69 Å². The van der Waals surface area contributed by atoms with Crippen LogP contribution >= 0.6 is 15.9 Å². The summed E-state index contributed by atoms with van der Waals surface area (Å²) in [6, 6.07) is 16.3. The van der Waals surface area contributed by atoms with Crippen molar-refractivity contribution in [2.45, 2.75) is 19.4 Å². The molecular formula is C19H19BrN2O. The predicted octanol–water partition coefficient (Wildman–Crippen LogP) is 4.82. The SMILES string of the molecule is CCC(NC(=O)c1cc(Br)cn1C)c1cccc2ccccc12. The van der Waals surface area contributed by atoms with Crippen molar-refractivity contribution in [1.29, 1.82) is 0 Å². The van der Waals surface area contributed by atoms with Crippen LogP contribution in [-0.2, 0) is 7.05 Å². The van der Waals surface area contributed by atoms with Gasteiger partial charge in [-0.05, 0) is 44.8 Å². The Morgan fingerprint density at radius 1 is 1.22 bits per heavy atom. The number of aromatic nitrogens is 1. The van der Waals surface area contributed by atoms with E-state index in [9.17, 15) is 4.79 Å². The van der Waals surface area contributed by atoms with Crippen molar-refractivity contribution < 1.29 is 4.79 Å². The first-order valence-corrected chi connectivity index (χ1v) is 8.50. The topological polar surface area (TPSA) is 34.0 Å². The first kappa shape index (κ1) is 15.8. The monoisotopic (exact) mass is 370 g/mol. The number of fused-ring (bicyclic) bond motifs is 1.